The summed E-state index contributed by atoms with van der Waals surface area (Å²) in [7, 11) is -1.46. The molecule has 0 aromatic carbocycles. The fourth-order valence-electron chi connectivity index (χ4n) is 1.00. The molecule has 0 fully saturated rings. The van der Waals surface area contributed by atoms with Gasteiger partial charge in [0, 0.05) is 0 Å². The molecular weight excluding hydrogens is 196 g/mol. The Bertz CT molecular complexity index is 282. The smallest absolute Gasteiger partial charge is 0.242 e. The van der Waals surface area contributed by atoms with E-state index in [1.165, 1.54) is 4.88 Å². The van der Waals surface area contributed by atoms with Crippen molar-refractivity contribution >= 4 is 25.4 Å². The third kappa shape index (κ3) is 3.36. The molecule has 0 radical (unpaired) electrons. The van der Waals surface area contributed by atoms with Crippen molar-refractivity contribution in [2.75, 3.05) is 0 Å². The van der Waals surface area contributed by atoms with Gasteiger partial charge < -0.3 is 4.43 Å². The van der Waals surface area contributed by atoms with Gasteiger partial charge in [0.25, 0.3) is 0 Å². The maximum absolute atomic E-state index is 5.94. The minimum atomic E-state index is -1.46. The van der Waals surface area contributed by atoms with Gasteiger partial charge in [-0.25, -0.2) is 0 Å². The Morgan fingerprint density at radius 3 is 2.54 bits per heavy atom. The maximum atomic E-state index is 5.94. The lowest BCUT2D eigenvalue weighted by molar-refractivity contribution is 0.515. The first-order chi connectivity index (χ1) is 6.03. The molecule has 1 aromatic rings. The van der Waals surface area contributed by atoms with Crippen LogP contribution in [0.3, 0.4) is 0 Å². The van der Waals surface area contributed by atoms with Crippen molar-refractivity contribution in [3.63, 3.8) is 0 Å². The second-order valence-corrected chi connectivity index (χ2v) is 9.22. The largest absolute Gasteiger partial charge is 0.544 e. The van der Waals surface area contributed by atoms with Gasteiger partial charge in [0.2, 0.25) is 8.32 Å². The molecule has 0 unspecified atom stereocenters. The monoisotopic (exact) mass is 212 g/mol. The van der Waals surface area contributed by atoms with Crippen LogP contribution in [0.1, 0.15) is 11.8 Å². The summed E-state index contributed by atoms with van der Waals surface area (Å²) >= 11 is 1.73. The van der Waals surface area contributed by atoms with Crippen LogP contribution in [-0.2, 0) is 4.43 Å². The second-order valence-electron chi connectivity index (χ2n) is 3.84. The highest BCUT2D eigenvalue weighted by Gasteiger charge is 2.18. The first-order valence-corrected chi connectivity index (χ1v) is 8.71. The molecule has 0 saturated carbocycles. The summed E-state index contributed by atoms with van der Waals surface area (Å²) in [5.41, 5.74) is 0. The fourth-order valence-corrected chi connectivity index (χ4v) is 2.70. The van der Waals surface area contributed by atoms with Crippen molar-refractivity contribution < 1.29 is 4.43 Å². The Morgan fingerprint density at radius 2 is 2.15 bits per heavy atom. The predicted octanol–water partition coefficient (Wildman–Crippen LogP) is 3.96. The van der Waals surface area contributed by atoms with Crippen LogP contribution in [0.5, 0.6) is 0 Å². The van der Waals surface area contributed by atoms with Gasteiger partial charge in [-0.3, -0.25) is 0 Å². The third-order valence-corrected chi connectivity index (χ3v) is 3.16. The minimum Gasteiger partial charge on any atom is -0.544 e. The number of thiophene rings is 1. The molecule has 1 nitrogen and oxygen atoms in total. The molecule has 0 aliphatic rings. The number of hydrogen-bond donors (Lipinski definition) is 0. The Kier molecular flexibility index (Phi) is 3.33. The summed E-state index contributed by atoms with van der Waals surface area (Å²) in [5.74, 6) is 1.04. The van der Waals surface area contributed by atoms with E-state index in [1.807, 2.05) is 13.0 Å². The molecule has 0 N–H and O–H groups in total. The first-order valence-electron chi connectivity index (χ1n) is 4.42. The zero-order valence-electron chi connectivity index (χ0n) is 8.63. The van der Waals surface area contributed by atoms with Gasteiger partial charge in [0.15, 0.2) is 0 Å². The van der Waals surface area contributed by atoms with Crippen LogP contribution in [0.25, 0.3) is 5.76 Å². The summed E-state index contributed by atoms with van der Waals surface area (Å²) in [5, 5.41) is 2.08. The lowest BCUT2D eigenvalue weighted by atomic mass is 10.4. The average Bonchev–Trinajstić information content (AvgIpc) is 2.50. The van der Waals surface area contributed by atoms with Gasteiger partial charge in [-0.05, 0) is 44.1 Å². The fraction of sp³-hybridized carbons (Fsp3) is 0.400. The average molecular weight is 212 g/mol. The second kappa shape index (κ2) is 4.11. The molecule has 3 heteroatoms. The van der Waals surface area contributed by atoms with Crippen molar-refractivity contribution in [1.82, 2.24) is 0 Å². The summed E-state index contributed by atoms with van der Waals surface area (Å²) in [6.45, 7) is 8.62. The molecule has 72 valence electrons. The Labute approximate surface area is 85.2 Å². The molecule has 0 atom stereocenters. The summed E-state index contributed by atoms with van der Waals surface area (Å²) < 4.78 is 5.94. The van der Waals surface area contributed by atoms with Gasteiger partial charge >= 0.3 is 0 Å². The molecule has 1 heterocycles. The Balaban J connectivity index is 2.78. The first kappa shape index (κ1) is 10.5. The Hall–Kier alpha value is -0.543. The summed E-state index contributed by atoms with van der Waals surface area (Å²) in [4.78, 5) is 1.23. The van der Waals surface area contributed by atoms with Crippen LogP contribution in [0.2, 0.25) is 19.6 Å². The van der Waals surface area contributed by atoms with Crippen LogP contribution >= 0.6 is 11.3 Å². The SMILES string of the molecule is C/C=C(\O[Si](C)(C)C)c1cccs1. The van der Waals surface area contributed by atoms with E-state index in [-0.39, 0.29) is 0 Å². The number of rotatable bonds is 3. The van der Waals surface area contributed by atoms with Gasteiger partial charge in [-0.15, -0.1) is 11.3 Å². The number of hydrogen-bond acceptors (Lipinski definition) is 2. The van der Waals surface area contributed by atoms with E-state index in [1.54, 1.807) is 11.3 Å². The van der Waals surface area contributed by atoms with Gasteiger partial charge in [-0.1, -0.05) is 6.07 Å². The molecule has 0 bridgehead atoms. The molecule has 0 aliphatic carbocycles. The van der Waals surface area contributed by atoms with E-state index in [4.69, 9.17) is 4.43 Å². The lowest BCUT2D eigenvalue weighted by Gasteiger charge is -2.20. The highest BCUT2D eigenvalue weighted by Crippen LogP contribution is 2.24. The predicted molar refractivity (Wildman–Crippen MR) is 62.4 cm³/mol. The lowest BCUT2D eigenvalue weighted by Crippen LogP contribution is -2.24. The van der Waals surface area contributed by atoms with E-state index < -0.39 is 8.32 Å². The number of allylic oxidation sites excluding steroid dienone is 1. The summed E-state index contributed by atoms with van der Waals surface area (Å²) in [6.07, 6.45) is 2.05. The molecule has 0 saturated heterocycles. The molecule has 0 amide bonds. The standard InChI is InChI=1S/C10H16OSSi/c1-5-9(11-13(2,3)4)10-7-6-8-12-10/h5-8H,1-4H3/b9-5-. The molecular formula is C10H16OSSi. The van der Waals surface area contributed by atoms with E-state index in [0.29, 0.717) is 0 Å². The van der Waals surface area contributed by atoms with Crippen LogP contribution in [0, 0.1) is 0 Å². The molecule has 1 rings (SSSR count). The topological polar surface area (TPSA) is 9.23 Å². The van der Waals surface area contributed by atoms with Gasteiger partial charge in [0.05, 0.1) is 4.88 Å². The van der Waals surface area contributed by atoms with Crippen molar-refractivity contribution in [3.8, 4) is 0 Å². The molecule has 1 aromatic heterocycles. The zero-order chi connectivity index (χ0) is 9.90. The van der Waals surface area contributed by atoms with Crippen molar-refractivity contribution in [1.29, 1.82) is 0 Å². The van der Waals surface area contributed by atoms with Gasteiger partial charge in [-0.2, -0.15) is 0 Å². The van der Waals surface area contributed by atoms with E-state index >= 15 is 0 Å². The van der Waals surface area contributed by atoms with Crippen LogP contribution < -0.4 is 0 Å². The highest BCUT2D eigenvalue weighted by molar-refractivity contribution is 7.11. The van der Waals surface area contributed by atoms with Crippen molar-refractivity contribution in [3.05, 3.63) is 28.5 Å². The van der Waals surface area contributed by atoms with E-state index in [9.17, 15) is 0 Å². The van der Waals surface area contributed by atoms with E-state index in [2.05, 4.69) is 37.2 Å². The molecule has 13 heavy (non-hydrogen) atoms. The van der Waals surface area contributed by atoms with Crippen LogP contribution in [0.15, 0.2) is 23.6 Å². The minimum absolute atomic E-state index is 1.04. The van der Waals surface area contributed by atoms with Crippen LogP contribution in [0.4, 0.5) is 0 Å². The zero-order valence-corrected chi connectivity index (χ0v) is 10.4. The van der Waals surface area contributed by atoms with E-state index in [0.717, 1.165) is 5.76 Å². The normalized spacial score (nSPS) is 13.1. The quantitative estimate of drug-likeness (QED) is 0.544. The van der Waals surface area contributed by atoms with Crippen LogP contribution in [-0.4, -0.2) is 8.32 Å². The van der Waals surface area contributed by atoms with Gasteiger partial charge in [0.1, 0.15) is 5.76 Å². The maximum Gasteiger partial charge on any atom is 0.242 e. The summed E-state index contributed by atoms with van der Waals surface area (Å²) in [6, 6.07) is 4.15. The molecule has 0 spiro atoms. The molecule has 0 aliphatic heterocycles. The van der Waals surface area contributed by atoms with Crippen molar-refractivity contribution in [2.24, 2.45) is 0 Å². The Morgan fingerprint density at radius 1 is 1.46 bits per heavy atom. The third-order valence-electron chi connectivity index (χ3n) is 1.44. The van der Waals surface area contributed by atoms with Crippen molar-refractivity contribution in [2.45, 2.75) is 26.6 Å². The highest BCUT2D eigenvalue weighted by atomic mass is 32.1.